The van der Waals surface area contributed by atoms with E-state index < -0.39 is 51.4 Å². The molecule has 0 fully saturated rings. The summed E-state index contributed by atoms with van der Waals surface area (Å²) in [6, 6.07) is -2.04. The topological polar surface area (TPSA) is 237 Å². The average molecular weight is 371 g/mol. The molecule has 22 heavy (non-hydrogen) atoms. The molecule has 0 aromatic heterocycles. The number of carbonyl (C=O) groups excluding carboxylic acids is 1. The van der Waals surface area contributed by atoms with E-state index in [1.807, 2.05) is 0 Å². The summed E-state index contributed by atoms with van der Waals surface area (Å²) in [7, 11) is -10.3. The van der Waals surface area contributed by atoms with Crippen LogP contribution in [0.3, 0.4) is 0 Å². The zero-order valence-electron chi connectivity index (χ0n) is 10.3. The smallest absolute Gasteiger partial charge is 0.388 e. The number of carbonyl (C=O) groups is 1. The van der Waals surface area contributed by atoms with Gasteiger partial charge in [0, 0.05) is 0 Å². The Kier molecular flexibility index (Phi) is 7.88. The molecule has 16 heteroatoms. The molecule has 0 aromatic carbocycles. The van der Waals surface area contributed by atoms with Gasteiger partial charge in [-0.25, -0.2) is 4.18 Å². The molecule has 0 aliphatic rings. The van der Waals surface area contributed by atoms with E-state index in [9.17, 15) is 36.9 Å². The summed E-state index contributed by atoms with van der Waals surface area (Å²) in [6.45, 7) is 0. The highest BCUT2D eigenvalue weighted by molar-refractivity contribution is 7.81. The zero-order valence-corrected chi connectivity index (χ0v) is 12.0. The molecule has 0 radical (unpaired) electrons. The van der Waals surface area contributed by atoms with E-state index in [0.29, 0.717) is 0 Å². The molecule has 0 spiro atoms. The maximum atomic E-state index is 10.6. The Hall–Kier alpha value is -0.790. The minimum atomic E-state index is -5.21. The summed E-state index contributed by atoms with van der Waals surface area (Å²) in [5, 5.41) is 37.2. The molecule has 0 heterocycles. The highest BCUT2D eigenvalue weighted by Gasteiger charge is 2.37. The minimum Gasteiger partial charge on any atom is -0.388 e. The van der Waals surface area contributed by atoms with Crippen molar-refractivity contribution in [2.45, 2.75) is 30.6 Å². The van der Waals surface area contributed by atoms with Crippen LogP contribution < -0.4 is 5.48 Å². The zero-order chi connectivity index (χ0) is 17.7. The van der Waals surface area contributed by atoms with Crippen LogP contribution in [0.5, 0.6) is 0 Å². The molecule has 0 aromatic rings. The molecular formula is C6H13NO13S2. The van der Waals surface area contributed by atoms with Crippen molar-refractivity contribution >= 4 is 27.1 Å². The molecule has 0 aliphatic carbocycles. The summed E-state index contributed by atoms with van der Waals surface area (Å²) in [5.74, 6) is 0. The molecule has 0 aliphatic heterocycles. The summed E-state index contributed by atoms with van der Waals surface area (Å²) >= 11 is 0. The van der Waals surface area contributed by atoms with Gasteiger partial charge in [0.15, 0.2) is 0 Å². The van der Waals surface area contributed by atoms with Gasteiger partial charge < -0.3 is 25.2 Å². The van der Waals surface area contributed by atoms with Gasteiger partial charge in [0.05, 0.1) is 0 Å². The number of aldehydes is 1. The van der Waals surface area contributed by atoms with Crippen molar-refractivity contribution in [2.24, 2.45) is 0 Å². The van der Waals surface area contributed by atoms with Crippen LogP contribution in [-0.4, -0.2) is 83.3 Å². The lowest BCUT2D eigenvalue weighted by atomic mass is 10.0. The third-order valence-corrected chi connectivity index (χ3v) is 2.76. The van der Waals surface area contributed by atoms with E-state index in [1.54, 1.807) is 0 Å². The lowest BCUT2D eigenvalue weighted by molar-refractivity contribution is -0.172. The van der Waals surface area contributed by atoms with Crippen LogP contribution >= 0.6 is 0 Å². The Bertz CT molecular complexity index is 557. The number of hydrogen-bond acceptors (Lipinski definition) is 12. The van der Waals surface area contributed by atoms with Crippen LogP contribution in [0.15, 0.2) is 0 Å². The average Bonchev–Trinajstić information content (AvgIpc) is 2.34. The largest absolute Gasteiger partial charge is 0.413 e. The fourth-order valence-electron chi connectivity index (χ4n) is 1.06. The molecule has 0 rings (SSSR count). The van der Waals surface area contributed by atoms with Crippen molar-refractivity contribution in [1.29, 1.82) is 0 Å². The fourth-order valence-corrected chi connectivity index (χ4v) is 1.65. The molecule has 0 saturated heterocycles. The maximum Gasteiger partial charge on any atom is 0.413 e. The second-order valence-electron chi connectivity index (χ2n) is 3.68. The van der Waals surface area contributed by atoms with Crippen LogP contribution in [0.2, 0.25) is 0 Å². The van der Waals surface area contributed by atoms with Gasteiger partial charge in [-0.1, -0.05) is 0 Å². The molecule has 1 unspecified atom stereocenters. The van der Waals surface area contributed by atoms with Gasteiger partial charge in [-0.3, -0.25) is 9.11 Å². The van der Waals surface area contributed by atoms with Gasteiger partial charge in [-0.05, 0) is 0 Å². The summed E-state index contributed by atoms with van der Waals surface area (Å²) in [6.07, 6.45) is -10.3. The minimum absolute atomic E-state index is 0.207. The summed E-state index contributed by atoms with van der Waals surface area (Å²) in [4.78, 5) is 10.6. The van der Waals surface area contributed by atoms with Gasteiger partial charge >= 0.3 is 20.8 Å². The van der Waals surface area contributed by atoms with Crippen molar-refractivity contribution < 1.29 is 59.6 Å². The summed E-state index contributed by atoms with van der Waals surface area (Å²) < 4.78 is 64.5. The van der Waals surface area contributed by atoms with Crippen molar-refractivity contribution in [3.63, 3.8) is 0 Å². The highest BCUT2D eigenvalue weighted by atomic mass is 32.3. The second-order valence-corrected chi connectivity index (χ2v) is 5.75. The van der Waals surface area contributed by atoms with E-state index in [4.69, 9.17) is 14.2 Å². The van der Waals surface area contributed by atoms with Gasteiger partial charge in [0.1, 0.15) is 30.6 Å². The monoisotopic (exact) mass is 371 g/mol. The Morgan fingerprint density at radius 2 is 1.36 bits per heavy atom. The van der Waals surface area contributed by atoms with Crippen molar-refractivity contribution in [1.82, 2.24) is 5.48 Å². The van der Waals surface area contributed by atoms with Gasteiger partial charge in [-0.2, -0.15) is 26.6 Å². The Labute approximate surface area is 123 Å². The third-order valence-electron chi connectivity index (χ3n) is 2.02. The lowest BCUT2D eigenvalue weighted by Gasteiger charge is -2.28. The first-order chi connectivity index (χ1) is 9.78. The second kappa shape index (κ2) is 8.17. The van der Waals surface area contributed by atoms with Crippen LogP contribution in [-0.2, 0) is 34.1 Å². The third kappa shape index (κ3) is 8.00. The highest BCUT2D eigenvalue weighted by Crippen LogP contribution is 2.10. The van der Waals surface area contributed by atoms with E-state index in [2.05, 4.69) is 8.47 Å². The normalized spacial score (nSPS) is 19.9. The van der Waals surface area contributed by atoms with Gasteiger partial charge in [-0.15, -0.1) is 0 Å². The number of aliphatic hydroxyl groups excluding tert-OH is 4. The number of nitrogens with one attached hydrogen (secondary N) is 1. The van der Waals surface area contributed by atoms with Crippen LogP contribution in [0.4, 0.5) is 0 Å². The van der Waals surface area contributed by atoms with E-state index in [-0.39, 0.29) is 6.29 Å². The van der Waals surface area contributed by atoms with E-state index >= 15 is 0 Å². The predicted molar refractivity (Wildman–Crippen MR) is 62.3 cm³/mol. The first-order valence-electron chi connectivity index (χ1n) is 5.03. The molecule has 0 saturated carbocycles. The summed E-state index contributed by atoms with van der Waals surface area (Å²) in [5.41, 5.74) is 1.31. The van der Waals surface area contributed by atoms with Gasteiger partial charge in [0.2, 0.25) is 6.29 Å². The molecule has 5 atom stereocenters. The fraction of sp³-hybridized carbons (Fsp3) is 0.833. The number of aliphatic hydroxyl groups is 4. The van der Waals surface area contributed by atoms with Crippen molar-refractivity contribution in [2.75, 3.05) is 0 Å². The van der Waals surface area contributed by atoms with Crippen molar-refractivity contribution in [3.8, 4) is 0 Å². The van der Waals surface area contributed by atoms with E-state index in [0.717, 1.165) is 0 Å². The molecule has 132 valence electrons. The van der Waals surface area contributed by atoms with Crippen LogP contribution in [0, 0.1) is 0 Å². The molecular weight excluding hydrogens is 358 g/mol. The molecule has 0 amide bonds. The Balaban J connectivity index is 4.85. The van der Waals surface area contributed by atoms with Gasteiger partial charge in [0.25, 0.3) is 0 Å². The quantitative estimate of drug-likeness (QED) is 0.0824. The molecule has 14 nitrogen and oxygen atoms in total. The first kappa shape index (κ1) is 21.2. The standard InChI is InChI=1S/C6H13NO13S2/c8-1-2(7-20-22(16,17)18)3(9)4(10)5(11)6(12)19-21(13,14)15/h1-7,9-12H,(H,13,14,15)(H,16,17,18)/t2-,3+,4-,5-,6?/m0/s1. The number of hydroxylamine groups is 1. The Morgan fingerprint density at radius 1 is 0.864 bits per heavy atom. The van der Waals surface area contributed by atoms with Crippen LogP contribution in [0.25, 0.3) is 0 Å². The molecule has 7 N–H and O–H groups in total. The van der Waals surface area contributed by atoms with E-state index in [1.165, 1.54) is 5.48 Å². The first-order valence-corrected chi connectivity index (χ1v) is 7.76. The lowest BCUT2D eigenvalue weighted by Crippen LogP contribution is -2.54. The SMILES string of the molecule is O=C[C@H](NOS(=O)(=O)O)[C@@H](O)[C@H](O)[C@H](O)C(O)OS(=O)(=O)O. The van der Waals surface area contributed by atoms with Crippen LogP contribution in [0.1, 0.15) is 0 Å². The number of hydrogen-bond donors (Lipinski definition) is 7. The predicted octanol–water partition coefficient (Wildman–Crippen LogP) is -4.90. The Morgan fingerprint density at radius 3 is 1.73 bits per heavy atom. The maximum absolute atomic E-state index is 10.6. The number of rotatable bonds is 10. The molecule has 0 bridgehead atoms. The van der Waals surface area contributed by atoms with Crippen molar-refractivity contribution in [3.05, 3.63) is 0 Å².